The molecule has 1 N–H and O–H groups in total. The molecule has 2 heterocycles. The number of aryl methyl sites for hydroxylation is 2. The monoisotopic (exact) mass is 358 g/mol. The molecule has 0 unspecified atom stereocenters. The molecule has 2 fully saturated rings. The van der Waals surface area contributed by atoms with Crippen LogP contribution in [0.2, 0.25) is 0 Å². The molecule has 1 aromatic rings. The standard InChI is InChI=1S/C22H34N2O2/c1-17-9-10-18(2)20(14-17)21(25)16-23-11-7-8-19(15-23)22(26)24-12-5-3-4-6-13-24/h9-10,14,19,21,25H,3-8,11-13,15-16H2,1-2H3/t19-,21+/m0/s1. The lowest BCUT2D eigenvalue weighted by Crippen LogP contribution is -2.46. The third-order valence-corrected chi connectivity index (χ3v) is 6.00. The minimum atomic E-state index is -0.484. The fraction of sp³-hybridized carbons (Fsp3) is 0.682. The molecular weight excluding hydrogens is 324 g/mol. The topological polar surface area (TPSA) is 43.8 Å². The van der Waals surface area contributed by atoms with Gasteiger partial charge in [0, 0.05) is 26.2 Å². The summed E-state index contributed by atoms with van der Waals surface area (Å²) in [4.78, 5) is 17.3. The third-order valence-electron chi connectivity index (χ3n) is 6.00. The lowest BCUT2D eigenvalue weighted by atomic mass is 9.95. The maximum absolute atomic E-state index is 12.9. The van der Waals surface area contributed by atoms with Crippen molar-refractivity contribution in [1.82, 2.24) is 9.80 Å². The van der Waals surface area contributed by atoms with Gasteiger partial charge in [0.15, 0.2) is 0 Å². The van der Waals surface area contributed by atoms with Crippen molar-refractivity contribution in [2.45, 2.75) is 58.5 Å². The highest BCUT2D eigenvalue weighted by atomic mass is 16.3. The first-order chi connectivity index (χ1) is 12.5. The zero-order valence-electron chi connectivity index (χ0n) is 16.4. The van der Waals surface area contributed by atoms with Gasteiger partial charge in [-0.3, -0.25) is 9.69 Å². The van der Waals surface area contributed by atoms with Crippen LogP contribution in [0.15, 0.2) is 18.2 Å². The number of likely N-dealkylation sites (tertiary alicyclic amines) is 2. The Labute approximate surface area is 158 Å². The van der Waals surface area contributed by atoms with E-state index in [1.54, 1.807) is 0 Å². The Morgan fingerprint density at radius 2 is 1.85 bits per heavy atom. The Hall–Kier alpha value is -1.39. The van der Waals surface area contributed by atoms with E-state index in [4.69, 9.17) is 0 Å². The summed E-state index contributed by atoms with van der Waals surface area (Å²) in [6.45, 7) is 8.37. The molecule has 4 heteroatoms. The van der Waals surface area contributed by atoms with Crippen molar-refractivity contribution in [3.05, 3.63) is 34.9 Å². The minimum Gasteiger partial charge on any atom is -0.387 e. The highest BCUT2D eigenvalue weighted by Gasteiger charge is 2.30. The molecule has 2 aliphatic rings. The van der Waals surface area contributed by atoms with Crippen LogP contribution in [0.1, 0.15) is 61.3 Å². The molecule has 2 aliphatic heterocycles. The number of β-amino-alcohol motifs (C(OH)–C–C–N with tert-alkyl or cyclic N) is 1. The Bertz CT molecular complexity index is 608. The maximum atomic E-state index is 12.9. The van der Waals surface area contributed by atoms with Gasteiger partial charge in [0.25, 0.3) is 0 Å². The fourth-order valence-electron chi connectivity index (χ4n) is 4.43. The van der Waals surface area contributed by atoms with E-state index in [9.17, 15) is 9.90 Å². The number of benzene rings is 1. The summed E-state index contributed by atoms with van der Waals surface area (Å²) in [5, 5.41) is 10.8. The van der Waals surface area contributed by atoms with Crippen molar-refractivity contribution >= 4 is 5.91 Å². The zero-order chi connectivity index (χ0) is 18.5. The molecule has 0 bridgehead atoms. The van der Waals surface area contributed by atoms with Crippen molar-refractivity contribution in [2.24, 2.45) is 5.92 Å². The number of hydrogen-bond donors (Lipinski definition) is 1. The quantitative estimate of drug-likeness (QED) is 0.896. The second kappa shape index (κ2) is 9.01. The Kier molecular flexibility index (Phi) is 6.71. The van der Waals surface area contributed by atoms with Crippen LogP contribution in [0.5, 0.6) is 0 Å². The Balaban J connectivity index is 1.59. The van der Waals surface area contributed by atoms with Gasteiger partial charge in [-0.15, -0.1) is 0 Å². The zero-order valence-corrected chi connectivity index (χ0v) is 16.4. The summed E-state index contributed by atoms with van der Waals surface area (Å²) < 4.78 is 0. The summed E-state index contributed by atoms with van der Waals surface area (Å²) in [7, 11) is 0. The molecule has 2 saturated heterocycles. The normalized spacial score (nSPS) is 23.5. The highest BCUT2D eigenvalue weighted by molar-refractivity contribution is 5.79. The SMILES string of the molecule is Cc1ccc(C)c([C@H](O)CN2CCC[C@H](C(=O)N3CCCCCC3)C2)c1. The number of carbonyl (C=O) groups is 1. The lowest BCUT2D eigenvalue weighted by Gasteiger charge is -2.35. The van der Waals surface area contributed by atoms with Crippen LogP contribution in [0.25, 0.3) is 0 Å². The highest BCUT2D eigenvalue weighted by Crippen LogP contribution is 2.25. The van der Waals surface area contributed by atoms with Crippen LogP contribution in [0.3, 0.4) is 0 Å². The molecule has 26 heavy (non-hydrogen) atoms. The van der Waals surface area contributed by atoms with E-state index in [0.717, 1.165) is 63.0 Å². The Morgan fingerprint density at radius 1 is 1.12 bits per heavy atom. The largest absolute Gasteiger partial charge is 0.387 e. The van der Waals surface area contributed by atoms with Crippen LogP contribution in [-0.4, -0.2) is 53.5 Å². The summed E-state index contributed by atoms with van der Waals surface area (Å²) in [6.07, 6.45) is 6.35. The molecule has 4 nitrogen and oxygen atoms in total. The predicted molar refractivity (Wildman–Crippen MR) is 105 cm³/mol. The second-order valence-corrected chi connectivity index (χ2v) is 8.21. The molecule has 2 atom stereocenters. The molecule has 1 aromatic carbocycles. The van der Waals surface area contributed by atoms with Gasteiger partial charge < -0.3 is 10.0 Å². The van der Waals surface area contributed by atoms with Gasteiger partial charge in [-0.25, -0.2) is 0 Å². The van der Waals surface area contributed by atoms with Crippen molar-refractivity contribution in [3.63, 3.8) is 0 Å². The molecular formula is C22H34N2O2. The summed E-state index contributed by atoms with van der Waals surface area (Å²) in [6, 6.07) is 6.25. The Morgan fingerprint density at radius 3 is 2.58 bits per heavy atom. The average Bonchev–Trinajstić information content (AvgIpc) is 2.92. The van der Waals surface area contributed by atoms with Gasteiger partial charge in [-0.1, -0.05) is 36.6 Å². The molecule has 0 aliphatic carbocycles. The first-order valence-corrected chi connectivity index (χ1v) is 10.3. The van der Waals surface area contributed by atoms with Crippen molar-refractivity contribution in [1.29, 1.82) is 0 Å². The maximum Gasteiger partial charge on any atom is 0.226 e. The average molecular weight is 359 g/mol. The number of carbonyl (C=O) groups excluding carboxylic acids is 1. The minimum absolute atomic E-state index is 0.104. The van der Waals surface area contributed by atoms with Crippen molar-refractivity contribution in [2.75, 3.05) is 32.7 Å². The molecule has 0 radical (unpaired) electrons. The van der Waals surface area contributed by atoms with E-state index in [2.05, 4.69) is 41.8 Å². The van der Waals surface area contributed by atoms with Crippen molar-refractivity contribution in [3.8, 4) is 0 Å². The number of nitrogens with zero attached hydrogens (tertiary/aromatic N) is 2. The number of aliphatic hydroxyl groups excluding tert-OH is 1. The van der Waals surface area contributed by atoms with Gasteiger partial charge in [0.05, 0.1) is 12.0 Å². The van der Waals surface area contributed by atoms with E-state index in [1.165, 1.54) is 18.4 Å². The second-order valence-electron chi connectivity index (χ2n) is 8.21. The van der Waals surface area contributed by atoms with Crippen LogP contribution in [0.4, 0.5) is 0 Å². The van der Waals surface area contributed by atoms with Gasteiger partial charge >= 0.3 is 0 Å². The molecule has 0 spiro atoms. The molecule has 0 aromatic heterocycles. The van der Waals surface area contributed by atoms with Gasteiger partial charge in [0.1, 0.15) is 0 Å². The van der Waals surface area contributed by atoms with Gasteiger partial charge in [-0.2, -0.15) is 0 Å². The van der Waals surface area contributed by atoms with Gasteiger partial charge in [-0.05, 0) is 57.2 Å². The molecule has 1 amide bonds. The van der Waals surface area contributed by atoms with E-state index in [1.807, 2.05) is 0 Å². The van der Waals surface area contributed by atoms with E-state index in [0.29, 0.717) is 12.5 Å². The summed E-state index contributed by atoms with van der Waals surface area (Å²) in [5.74, 6) is 0.450. The first-order valence-electron chi connectivity index (χ1n) is 10.3. The molecule has 0 saturated carbocycles. The van der Waals surface area contributed by atoms with Crippen LogP contribution >= 0.6 is 0 Å². The van der Waals surface area contributed by atoms with E-state index in [-0.39, 0.29) is 5.92 Å². The van der Waals surface area contributed by atoms with Crippen LogP contribution in [-0.2, 0) is 4.79 Å². The summed E-state index contributed by atoms with van der Waals surface area (Å²) in [5.41, 5.74) is 3.33. The summed E-state index contributed by atoms with van der Waals surface area (Å²) >= 11 is 0. The predicted octanol–water partition coefficient (Wildman–Crippen LogP) is 3.45. The van der Waals surface area contributed by atoms with E-state index >= 15 is 0 Å². The smallest absolute Gasteiger partial charge is 0.226 e. The molecule has 144 valence electrons. The number of rotatable bonds is 4. The number of amides is 1. The fourth-order valence-corrected chi connectivity index (χ4v) is 4.43. The lowest BCUT2D eigenvalue weighted by molar-refractivity contribution is -0.137. The first kappa shape index (κ1) is 19.4. The van der Waals surface area contributed by atoms with Gasteiger partial charge in [0.2, 0.25) is 5.91 Å². The van der Waals surface area contributed by atoms with Crippen LogP contribution < -0.4 is 0 Å². The number of piperidine rings is 1. The van der Waals surface area contributed by atoms with E-state index < -0.39 is 6.10 Å². The van der Waals surface area contributed by atoms with Crippen LogP contribution in [0, 0.1) is 19.8 Å². The molecule has 3 rings (SSSR count). The third kappa shape index (κ3) is 4.86. The number of hydrogen-bond acceptors (Lipinski definition) is 3. The number of aliphatic hydroxyl groups is 1. The van der Waals surface area contributed by atoms with Crippen molar-refractivity contribution < 1.29 is 9.90 Å².